The van der Waals surface area contributed by atoms with E-state index in [-0.39, 0.29) is 12.7 Å². The van der Waals surface area contributed by atoms with E-state index < -0.39 is 0 Å². The van der Waals surface area contributed by atoms with Crippen molar-refractivity contribution >= 4 is 17.1 Å². The number of ether oxygens (including phenoxy) is 3. The number of hydrogen-bond donors (Lipinski definition) is 1. The molecule has 3 heterocycles. The first-order valence-corrected chi connectivity index (χ1v) is 9.69. The molecule has 0 radical (unpaired) electrons. The largest absolute Gasteiger partial charge is 0.454 e. The molecule has 1 amide bonds. The third-order valence-electron chi connectivity index (χ3n) is 4.83. The molecule has 0 saturated heterocycles. The maximum Gasteiger partial charge on any atom is 0.231 e. The van der Waals surface area contributed by atoms with Gasteiger partial charge in [0.25, 0.3) is 0 Å². The number of nitrogens with zero attached hydrogens (tertiary/aromatic N) is 3. The number of pyridine rings is 1. The number of fused-ring (bicyclic) bond motifs is 2. The number of rotatable bonds is 9. The Kier molecular flexibility index (Phi) is 5.90. The summed E-state index contributed by atoms with van der Waals surface area (Å²) in [6.07, 6.45) is 3.62. The minimum atomic E-state index is 0.0142. The van der Waals surface area contributed by atoms with Crippen LogP contribution in [0.4, 0.5) is 0 Å². The standard InChI is InChI=1S/C21H24N4O4/c1-27-11-10-25-19(24-16-4-3-9-22-21(16)25)5-2-6-20(26)23-13-15-7-8-17-18(12-15)29-14-28-17/h3-4,7-9,12H,2,5-6,10-11,13-14H2,1H3,(H,23,26). The first kappa shape index (κ1) is 19.2. The van der Waals surface area contributed by atoms with Crippen molar-refractivity contribution in [2.75, 3.05) is 20.5 Å². The Hall–Kier alpha value is -3.13. The summed E-state index contributed by atoms with van der Waals surface area (Å²) >= 11 is 0. The lowest BCUT2D eigenvalue weighted by Crippen LogP contribution is -2.22. The van der Waals surface area contributed by atoms with E-state index in [0.29, 0.717) is 39.0 Å². The van der Waals surface area contributed by atoms with E-state index in [2.05, 4.69) is 19.9 Å². The predicted octanol–water partition coefficient (Wildman–Crippen LogP) is 2.45. The molecule has 2 aromatic heterocycles. The van der Waals surface area contributed by atoms with Crippen molar-refractivity contribution in [2.24, 2.45) is 0 Å². The Balaban J connectivity index is 1.30. The van der Waals surface area contributed by atoms with Gasteiger partial charge in [0.1, 0.15) is 11.3 Å². The zero-order valence-electron chi connectivity index (χ0n) is 16.4. The highest BCUT2D eigenvalue weighted by Crippen LogP contribution is 2.32. The molecule has 0 bridgehead atoms. The number of carbonyl (C=O) groups is 1. The molecular weight excluding hydrogens is 372 g/mol. The number of aryl methyl sites for hydroxylation is 1. The second-order valence-corrected chi connectivity index (χ2v) is 6.84. The molecule has 0 unspecified atom stereocenters. The quantitative estimate of drug-likeness (QED) is 0.598. The summed E-state index contributed by atoms with van der Waals surface area (Å²) in [7, 11) is 1.68. The average molecular weight is 396 g/mol. The highest BCUT2D eigenvalue weighted by Gasteiger charge is 2.14. The Morgan fingerprint density at radius 1 is 1.28 bits per heavy atom. The number of methoxy groups -OCH3 is 1. The molecule has 0 spiro atoms. The summed E-state index contributed by atoms with van der Waals surface area (Å²) in [4.78, 5) is 21.4. The second-order valence-electron chi connectivity index (χ2n) is 6.84. The van der Waals surface area contributed by atoms with Crippen LogP contribution in [-0.4, -0.2) is 41.0 Å². The van der Waals surface area contributed by atoms with Crippen LogP contribution in [-0.2, 0) is 29.0 Å². The monoisotopic (exact) mass is 396 g/mol. The van der Waals surface area contributed by atoms with E-state index in [1.165, 1.54) is 0 Å². The molecule has 1 aromatic carbocycles. The van der Waals surface area contributed by atoms with E-state index in [4.69, 9.17) is 14.2 Å². The SMILES string of the molecule is COCCn1c(CCCC(=O)NCc2ccc3c(c2)OCO3)nc2cccnc21. The number of aromatic nitrogens is 3. The zero-order chi connectivity index (χ0) is 20.1. The van der Waals surface area contributed by atoms with E-state index in [1.807, 2.05) is 30.3 Å². The minimum Gasteiger partial charge on any atom is -0.454 e. The number of amides is 1. The summed E-state index contributed by atoms with van der Waals surface area (Å²) < 4.78 is 17.9. The molecule has 152 valence electrons. The summed E-state index contributed by atoms with van der Waals surface area (Å²) in [5.74, 6) is 2.41. The van der Waals surface area contributed by atoms with E-state index in [0.717, 1.165) is 34.1 Å². The molecule has 1 aliphatic rings. The van der Waals surface area contributed by atoms with Gasteiger partial charge in [-0.25, -0.2) is 9.97 Å². The van der Waals surface area contributed by atoms with Crippen LogP contribution in [0.3, 0.4) is 0 Å². The first-order valence-electron chi connectivity index (χ1n) is 9.69. The van der Waals surface area contributed by atoms with Crippen molar-refractivity contribution in [3.63, 3.8) is 0 Å². The fourth-order valence-electron chi connectivity index (χ4n) is 3.36. The van der Waals surface area contributed by atoms with Crippen LogP contribution in [0.5, 0.6) is 11.5 Å². The lowest BCUT2D eigenvalue weighted by molar-refractivity contribution is -0.121. The summed E-state index contributed by atoms with van der Waals surface area (Å²) in [5.41, 5.74) is 2.70. The average Bonchev–Trinajstić information content (AvgIpc) is 3.34. The second kappa shape index (κ2) is 8.91. The topological polar surface area (TPSA) is 87.5 Å². The highest BCUT2D eigenvalue weighted by molar-refractivity contribution is 5.76. The van der Waals surface area contributed by atoms with Crippen molar-refractivity contribution in [2.45, 2.75) is 32.4 Å². The van der Waals surface area contributed by atoms with Gasteiger partial charge in [-0.05, 0) is 36.2 Å². The molecule has 1 N–H and O–H groups in total. The molecule has 4 rings (SSSR count). The normalized spacial score (nSPS) is 12.4. The third-order valence-corrected chi connectivity index (χ3v) is 4.83. The fraction of sp³-hybridized carbons (Fsp3) is 0.381. The van der Waals surface area contributed by atoms with Gasteiger partial charge >= 0.3 is 0 Å². The van der Waals surface area contributed by atoms with Gasteiger partial charge in [0.05, 0.1) is 6.61 Å². The van der Waals surface area contributed by atoms with E-state index in [9.17, 15) is 4.79 Å². The van der Waals surface area contributed by atoms with Gasteiger partial charge in [-0.2, -0.15) is 0 Å². The fourth-order valence-corrected chi connectivity index (χ4v) is 3.36. The molecule has 29 heavy (non-hydrogen) atoms. The van der Waals surface area contributed by atoms with Gasteiger partial charge in [0.2, 0.25) is 12.7 Å². The van der Waals surface area contributed by atoms with Crippen molar-refractivity contribution < 1.29 is 19.0 Å². The van der Waals surface area contributed by atoms with Crippen LogP contribution < -0.4 is 14.8 Å². The van der Waals surface area contributed by atoms with Crippen molar-refractivity contribution in [3.8, 4) is 11.5 Å². The summed E-state index contributed by atoms with van der Waals surface area (Å²) in [5, 5.41) is 2.96. The number of benzene rings is 1. The van der Waals surface area contributed by atoms with Gasteiger partial charge in [0, 0.05) is 39.2 Å². The molecule has 1 aliphatic heterocycles. The molecule has 0 atom stereocenters. The minimum absolute atomic E-state index is 0.0142. The molecular formula is C21H24N4O4. The number of carbonyl (C=O) groups excluding carboxylic acids is 1. The number of nitrogens with one attached hydrogen (secondary N) is 1. The molecule has 8 heteroatoms. The van der Waals surface area contributed by atoms with Crippen LogP contribution >= 0.6 is 0 Å². The van der Waals surface area contributed by atoms with Crippen LogP contribution in [0.2, 0.25) is 0 Å². The smallest absolute Gasteiger partial charge is 0.231 e. The maximum absolute atomic E-state index is 12.2. The van der Waals surface area contributed by atoms with E-state index in [1.54, 1.807) is 13.3 Å². The van der Waals surface area contributed by atoms with Crippen molar-refractivity contribution in [1.82, 2.24) is 19.9 Å². The lowest BCUT2D eigenvalue weighted by atomic mass is 10.2. The third kappa shape index (κ3) is 4.48. The van der Waals surface area contributed by atoms with Gasteiger partial charge in [-0.3, -0.25) is 4.79 Å². The first-order chi connectivity index (χ1) is 14.2. The zero-order valence-corrected chi connectivity index (χ0v) is 16.4. The van der Waals surface area contributed by atoms with Gasteiger partial charge in [0.15, 0.2) is 17.1 Å². The Morgan fingerprint density at radius 3 is 3.07 bits per heavy atom. The van der Waals surface area contributed by atoms with Crippen LogP contribution in [0, 0.1) is 0 Å². The van der Waals surface area contributed by atoms with Crippen molar-refractivity contribution in [3.05, 3.63) is 47.9 Å². The van der Waals surface area contributed by atoms with Gasteiger partial charge in [-0.1, -0.05) is 6.07 Å². The van der Waals surface area contributed by atoms with Crippen LogP contribution in [0.15, 0.2) is 36.5 Å². The predicted molar refractivity (Wildman–Crippen MR) is 107 cm³/mol. The summed E-state index contributed by atoms with van der Waals surface area (Å²) in [6.45, 7) is 1.99. The molecule has 3 aromatic rings. The number of imidazole rings is 1. The Morgan fingerprint density at radius 2 is 2.17 bits per heavy atom. The number of hydrogen-bond acceptors (Lipinski definition) is 6. The molecule has 0 fully saturated rings. The van der Waals surface area contributed by atoms with Gasteiger partial charge < -0.3 is 24.1 Å². The van der Waals surface area contributed by atoms with Crippen molar-refractivity contribution in [1.29, 1.82) is 0 Å². The van der Waals surface area contributed by atoms with Gasteiger partial charge in [-0.15, -0.1) is 0 Å². The lowest BCUT2D eigenvalue weighted by Gasteiger charge is -2.09. The highest BCUT2D eigenvalue weighted by atomic mass is 16.7. The summed E-state index contributed by atoms with van der Waals surface area (Å²) in [6, 6.07) is 9.52. The Labute approximate surface area is 168 Å². The maximum atomic E-state index is 12.2. The van der Waals surface area contributed by atoms with Crippen LogP contribution in [0.25, 0.3) is 11.2 Å². The van der Waals surface area contributed by atoms with Crippen LogP contribution in [0.1, 0.15) is 24.2 Å². The molecule has 0 aliphatic carbocycles. The van der Waals surface area contributed by atoms with E-state index >= 15 is 0 Å². The molecule has 8 nitrogen and oxygen atoms in total. The Bertz CT molecular complexity index is 1000. The molecule has 0 saturated carbocycles.